The molecule has 0 spiro atoms. The number of hydrogen-bond donors (Lipinski definition) is 1. The molecule has 36 heavy (non-hydrogen) atoms. The van der Waals surface area contributed by atoms with E-state index in [2.05, 4.69) is 20.3 Å². The van der Waals surface area contributed by atoms with Crippen molar-refractivity contribution in [1.82, 2.24) is 29.9 Å². The molecule has 3 aromatic heterocycles. The van der Waals surface area contributed by atoms with Crippen molar-refractivity contribution in [1.29, 1.82) is 0 Å². The Morgan fingerprint density at radius 3 is 2.58 bits per heavy atom. The Hall–Kier alpha value is -4.23. The molecule has 1 aliphatic heterocycles. The standard InChI is InChI=1S/C22H22F3N7O4/c1-30-19(34)11-15(36-30)21(35)32-7-4-18(33)27-6-8-31(9-10-32)17-12-16(22(23,24)25)28-20(29-17)14-3-2-5-26-13-14/h2-3,5,11-13H,4,6-10H2,1H3,(H,27,33). The minimum absolute atomic E-state index is 0.0136. The Labute approximate surface area is 202 Å². The lowest BCUT2D eigenvalue weighted by Gasteiger charge is -2.30. The molecule has 190 valence electrons. The predicted molar refractivity (Wildman–Crippen MR) is 120 cm³/mol. The molecule has 2 amide bonds. The zero-order valence-corrected chi connectivity index (χ0v) is 19.2. The van der Waals surface area contributed by atoms with E-state index in [4.69, 9.17) is 4.52 Å². The molecule has 0 unspecified atom stereocenters. The fourth-order valence-electron chi connectivity index (χ4n) is 3.60. The van der Waals surface area contributed by atoms with E-state index in [0.717, 1.165) is 16.9 Å². The van der Waals surface area contributed by atoms with Gasteiger partial charge in [-0.25, -0.2) is 9.97 Å². The number of amides is 2. The first-order valence-corrected chi connectivity index (χ1v) is 11.0. The average Bonchev–Trinajstić information content (AvgIpc) is 3.20. The van der Waals surface area contributed by atoms with Gasteiger partial charge in [-0.05, 0) is 12.1 Å². The molecule has 1 aliphatic rings. The average molecular weight is 505 g/mol. The molecule has 0 aliphatic carbocycles. The van der Waals surface area contributed by atoms with Gasteiger partial charge in [0, 0.05) is 70.2 Å². The van der Waals surface area contributed by atoms with E-state index < -0.39 is 23.3 Å². The van der Waals surface area contributed by atoms with Crippen LogP contribution in [0.1, 0.15) is 22.7 Å². The van der Waals surface area contributed by atoms with E-state index in [0.29, 0.717) is 5.56 Å². The number of aryl methyl sites for hydroxylation is 1. The summed E-state index contributed by atoms with van der Waals surface area (Å²) < 4.78 is 47.0. The van der Waals surface area contributed by atoms with E-state index in [1.54, 1.807) is 12.1 Å². The van der Waals surface area contributed by atoms with Crippen molar-refractivity contribution in [2.45, 2.75) is 12.6 Å². The van der Waals surface area contributed by atoms with Crippen molar-refractivity contribution in [2.24, 2.45) is 7.05 Å². The third kappa shape index (κ3) is 5.70. The molecule has 4 heterocycles. The minimum Gasteiger partial charge on any atom is -0.371 e. The molecule has 0 atom stereocenters. The number of carbonyl (C=O) groups is 2. The van der Waals surface area contributed by atoms with Crippen LogP contribution in [-0.2, 0) is 18.0 Å². The fourth-order valence-corrected chi connectivity index (χ4v) is 3.60. The zero-order chi connectivity index (χ0) is 25.9. The van der Waals surface area contributed by atoms with Gasteiger partial charge in [0.1, 0.15) is 5.82 Å². The highest BCUT2D eigenvalue weighted by Crippen LogP contribution is 2.31. The van der Waals surface area contributed by atoms with Crippen LogP contribution in [0.15, 0.2) is 46.0 Å². The number of hydrogen-bond acceptors (Lipinski definition) is 8. The molecule has 0 bridgehead atoms. The lowest BCUT2D eigenvalue weighted by Crippen LogP contribution is -2.45. The lowest BCUT2D eigenvalue weighted by molar-refractivity contribution is -0.141. The molecule has 1 N–H and O–H groups in total. The molecule has 0 saturated carbocycles. The fraction of sp³-hybridized carbons (Fsp3) is 0.364. The van der Waals surface area contributed by atoms with Crippen LogP contribution >= 0.6 is 0 Å². The Kier molecular flexibility index (Phi) is 7.03. The van der Waals surface area contributed by atoms with Crippen LogP contribution in [0.5, 0.6) is 0 Å². The Balaban J connectivity index is 1.67. The third-order valence-corrected chi connectivity index (χ3v) is 5.50. The van der Waals surface area contributed by atoms with E-state index in [9.17, 15) is 27.6 Å². The van der Waals surface area contributed by atoms with E-state index >= 15 is 0 Å². The Morgan fingerprint density at radius 1 is 1.11 bits per heavy atom. The minimum atomic E-state index is -4.73. The molecule has 1 fully saturated rings. The van der Waals surface area contributed by atoms with Crippen molar-refractivity contribution in [3.05, 3.63) is 58.5 Å². The van der Waals surface area contributed by atoms with Gasteiger partial charge in [0.25, 0.3) is 11.5 Å². The summed E-state index contributed by atoms with van der Waals surface area (Å²) >= 11 is 0. The zero-order valence-electron chi connectivity index (χ0n) is 19.2. The normalized spacial score (nSPS) is 15.5. The number of halogens is 3. The summed E-state index contributed by atoms with van der Waals surface area (Å²) in [6.45, 7) is 0.455. The number of pyridine rings is 1. The maximum atomic E-state index is 13.7. The number of anilines is 1. The van der Waals surface area contributed by atoms with Gasteiger partial charge in [-0.15, -0.1) is 0 Å². The second-order valence-electron chi connectivity index (χ2n) is 7.99. The lowest BCUT2D eigenvalue weighted by atomic mass is 10.2. The summed E-state index contributed by atoms with van der Waals surface area (Å²) in [5.74, 6) is -1.33. The van der Waals surface area contributed by atoms with Gasteiger partial charge in [-0.2, -0.15) is 17.9 Å². The molecule has 14 heteroatoms. The highest BCUT2D eigenvalue weighted by molar-refractivity contribution is 5.91. The number of aromatic nitrogens is 4. The molecule has 3 aromatic rings. The highest BCUT2D eigenvalue weighted by atomic mass is 19.4. The first kappa shape index (κ1) is 24.9. The van der Waals surface area contributed by atoms with Gasteiger partial charge in [0.05, 0.1) is 6.07 Å². The summed E-state index contributed by atoms with van der Waals surface area (Å²) in [5, 5.41) is 2.68. The quantitative estimate of drug-likeness (QED) is 0.565. The van der Waals surface area contributed by atoms with Crippen LogP contribution in [0.2, 0.25) is 0 Å². The van der Waals surface area contributed by atoms with Gasteiger partial charge in [-0.3, -0.25) is 19.4 Å². The molecular formula is C22H22F3N7O4. The first-order chi connectivity index (χ1) is 17.1. The number of alkyl halides is 3. The van der Waals surface area contributed by atoms with E-state index in [-0.39, 0.29) is 62.5 Å². The molecule has 4 rings (SSSR count). The van der Waals surface area contributed by atoms with Gasteiger partial charge in [-0.1, -0.05) is 0 Å². The number of carbonyl (C=O) groups excluding carboxylic acids is 2. The van der Waals surface area contributed by atoms with E-state index in [1.165, 1.54) is 29.2 Å². The monoisotopic (exact) mass is 505 g/mol. The second kappa shape index (κ2) is 10.2. The molecule has 0 radical (unpaired) electrons. The van der Waals surface area contributed by atoms with Gasteiger partial charge in [0.15, 0.2) is 11.5 Å². The molecule has 1 saturated heterocycles. The molecule has 11 nitrogen and oxygen atoms in total. The van der Waals surface area contributed by atoms with Gasteiger partial charge < -0.3 is 19.6 Å². The van der Waals surface area contributed by atoms with Crippen molar-refractivity contribution >= 4 is 17.6 Å². The van der Waals surface area contributed by atoms with Crippen LogP contribution in [0.3, 0.4) is 0 Å². The van der Waals surface area contributed by atoms with Crippen LogP contribution in [-0.4, -0.2) is 69.1 Å². The van der Waals surface area contributed by atoms with Crippen molar-refractivity contribution in [3.8, 4) is 11.4 Å². The van der Waals surface area contributed by atoms with Crippen molar-refractivity contribution in [2.75, 3.05) is 37.6 Å². The topological polar surface area (TPSA) is 126 Å². The van der Waals surface area contributed by atoms with Crippen LogP contribution in [0.4, 0.5) is 19.0 Å². The van der Waals surface area contributed by atoms with Gasteiger partial charge >= 0.3 is 6.18 Å². The summed E-state index contributed by atoms with van der Waals surface area (Å²) in [6, 6.07) is 4.97. The maximum Gasteiger partial charge on any atom is 0.433 e. The van der Waals surface area contributed by atoms with Crippen molar-refractivity contribution in [3.63, 3.8) is 0 Å². The summed E-state index contributed by atoms with van der Waals surface area (Å²) in [7, 11) is 1.35. The molecule has 0 aromatic carbocycles. The summed E-state index contributed by atoms with van der Waals surface area (Å²) in [4.78, 5) is 51.6. The van der Waals surface area contributed by atoms with Gasteiger partial charge in [0.2, 0.25) is 11.7 Å². The second-order valence-corrected chi connectivity index (χ2v) is 7.99. The largest absolute Gasteiger partial charge is 0.433 e. The van der Waals surface area contributed by atoms with Crippen LogP contribution in [0, 0.1) is 0 Å². The maximum absolute atomic E-state index is 13.7. The Bertz CT molecular complexity index is 1310. The van der Waals surface area contributed by atoms with Crippen LogP contribution in [0.25, 0.3) is 11.4 Å². The predicted octanol–water partition coefficient (Wildman–Crippen LogP) is 1.32. The number of nitrogens with zero attached hydrogens (tertiary/aromatic N) is 6. The number of nitrogens with one attached hydrogen (secondary N) is 1. The molecular weight excluding hydrogens is 483 g/mol. The summed E-state index contributed by atoms with van der Waals surface area (Å²) in [6.07, 6.45) is -1.88. The smallest absolute Gasteiger partial charge is 0.371 e. The summed E-state index contributed by atoms with van der Waals surface area (Å²) in [5.41, 5.74) is -1.34. The third-order valence-electron chi connectivity index (χ3n) is 5.50. The SMILES string of the molecule is Cn1oc(C(=O)N2CCC(=O)NCCN(c3cc(C(F)(F)F)nc(-c4cccnc4)n3)CC2)cc1=O. The Morgan fingerprint density at radius 2 is 1.92 bits per heavy atom. The van der Waals surface area contributed by atoms with E-state index in [1.807, 2.05) is 0 Å². The first-order valence-electron chi connectivity index (χ1n) is 11.0. The van der Waals surface area contributed by atoms with Crippen molar-refractivity contribution < 1.29 is 27.3 Å². The van der Waals surface area contributed by atoms with Crippen LogP contribution < -0.4 is 15.8 Å². The highest BCUT2D eigenvalue weighted by Gasteiger charge is 2.34. The number of rotatable bonds is 3.